The molecular weight excluding hydrogens is 452 g/mol. The first-order valence-electron chi connectivity index (χ1n) is 10.7. The first-order chi connectivity index (χ1) is 16.5. The lowest BCUT2D eigenvalue weighted by atomic mass is 10.1. The van der Waals surface area contributed by atoms with E-state index in [1.54, 1.807) is 11.8 Å². The Morgan fingerprint density at radius 3 is 2.21 bits per heavy atom. The Kier molecular flexibility index (Phi) is 9.84. The molecule has 0 amide bonds. The number of carboxylic acids is 2. The van der Waals surface area contributed by atoms with E-state index in [9.17, 15) is 9.59 Å². The second kappa shape index (κ2) is 13.3. The lowest BCUT2D eigenvalue weighted by Gasteiger charge is -2.31. The van der Waals surface area contributed by atoms with Gasteiger partial charge in [-0.15, -0.1) is 0 Å². The summed E-state index contributed by atoms with van der Waals surface area (Å²) in [5.41, 5.74) is 3.64. The monoisotopic (exact) mass is 478 g/mol. The van der Waals surface area contributed by atoms with Gasteiger partial charge in [-0.1, -0.05) is 78.5 Å². The van der Waals surface area contributed by atoms with Crippen molar-refractivity contribution in [2.24, 2.45) is 0 Å². The number of aliphatic carboxylic acids is 2. The van der Waals surface area contributed by atoms with Crippen LogP contribution in [0, 0.1) is 0 Å². The average molecular weight is 479 g/mol. The van der Waals surface area contributed by atoms with Crippen LogP contribution in [0.4, 0.5) is 0 Å². The van der Waals surface area contributed by atoms with Crippen molar-refractivity contribution >= 4 is 23.7 Å². The van der Waals surface area contributed by atoms with Gasteiger partial charge in [0.2, 0.25) is 0 Å². The number of rotatable bonds is 7. The number of hydrogen-bond donors (Lipinski definition) is 3. The normalized spacial score (nSPS) is 16.3. The molecule has 176 valence electrons. The highest BCUT2D eigenvalue weighted by Crippen LogP contribution is 2.42. The molecule has 1 aliphatic rings. The highest BCUT2D eigenvalue weighted by molar-refractivity contribution is 7.99. The highest BCUT2D eigenvalue weighted by atomic mass is 32.2. The van der Waals surface area contributed by atoms with Gasteiger partial charge in [0.1, 0.15) is 5.03 Å². The lowest BCUT2D eigenvalue weighted by Crippen LogP contribution is -2.41. The molecule has 0 unspecified atom stereocenters. The molecule has 1 saturated heterocycles. The van der Waals surface area contributed by atoms with Gasteiger partial charge < -0.3 is 20.3 Å². The van der Waals surface area contributed by atoms with Crippen LogP contribution >= 0.6 is 11.8 Å². The molecule has 1 fully saturated rings. The van der Waals surface area contributed by atoms with Crippen LogP contribution in [-0.2, 0) is 14.3 Å². The molecule has 1 aliphatic heterocycles. The third-order valence-corrected chi connectivity index (χ3v) is 6.26. The first-order valence-corrected chi connectivity index (χ1v) is 11.6. The predicted octanol–water partition coefficient (Wildman–Crippen LogP) is 4.28. The van der Waals surface area contributed by atoms with E-state index in [2.05, 4.69) is 66.0 Å². The molecular formula is C26H26N2O5S. The van der Waals surface area contributed by atoms with Gasteiger partial charge in [0, 0.05) is 37.0 Å². The molecule has 0 radical (unpaired) electrons. The van der Waals surface area contributed by atoms with Crippen molar-refractivity contribution in [1.29, 1.82) is 0 Å². The van der Waals surface area contributed by atoms with Gasteiger partial charge in [0.05, 0.1) is 18.0 Å². The van der Waals surface area contributed by atoms with Crippen molar-refractivity contribution in [2.75, 3.05) is 19.7 Å². The van der Waals surface area contributed by atoms with E-state index in [1.165, 1.54) is 16.7 Å². The molecule has 0 saturated carbocycles. The zero-order valence-corrected chi connectivity index (χ0v) is 19.2. The summed E-state index contributed by atoms with van der Waals surface area (Å²) in [7, 11) is 0. The minimum Gasteiger partial charge on any atom is -0.478 e. The molecule has 0 spiro atoms. The summed E-state index contributed by atoms with van der Waals surface area (Å²) in [5.74, 6) is -2.51. The standard InChI is InChI=1S/C22H22N2OS.C4H4O4/c1-3-8-17(9-4-1)19-12-7-13-24-22(19)26-21(18-10-5-2-6-11-18)20-16-23-14-15-25-20;5-3(6)1-2-4(7)8/h1-13,20-21,23H,14-16H2;1-2H,(H,5,6)(H,7,8)/b;2-1+/t20-,21-;/m0./s1. The molecule has 2 aromatic carbocycles. The number of carboxylic acid groups (broad SMARTS) is 2. The molecule has 3 N–H and O–H groups in total. The van der Waals surface area contributed by atoms with E-state index in [4.69, 9.17) is 19.9 Å². The smallest absolute Gasteiger partial charge is 0.328 e. The highest BCUT2D eigenvalue weighted by Gasteiger charge is 2.28. The van der Waals surface area contributed by atoms with Crippen molar-refractivity contribution in [3.05, 3.63) is 96.7 Å². The summed E-state index contributed by atoms with van der Waals surface area (Å²) in [6, 6.07) is 25.2. The zero-order valence-electron chi connectivity index (χ0n) is 18.4. The number of morpholine rings is 1. The second-order valence-electron chi connectivity index (χ2n) is 7.29. The Balaban J connectivity index is 0.000000350. The third-order valence-electron chi connectivity index (χ3n) is 4.89. The topological polar surface area (TPSA) is 109 Å². The maximum Gasteiger partial charge on any atom is 0.328 e. The fourth-order valence-electron chi connectivity index (χ4n) is 3.37. The van der Waals surface area contributed by atoms with Crippen molar-refractivity contribution in [3.8, 4) is 11.1 Å². The van der Waals surface area contributed by atoms with Crippen molar-refractivity contribution < 1.29 is 24.5 Å². The molecule has 1 aromatic heterocycles. The minimum atomic E-state index is -1.26. The van der Waals surface area contributed by atoms with Crippen molar-refractivity contribution in [1.82, 2.24) is 10.3 Å². The summed E-state index contributed by atoms with van der Waals surface area (Å²) in [4.78, 5) is 23.8. The van der Waals surface area contributed by atoms with Crippen LogP contribution in [0.1, 0.15) is 10.8 Å². The maximum atomic E-state index is 9.55. The van der Waals surface area contributed by atoms with Crippen molar-refractivity contribution in [2.45, 2.75) is 16.4 Å². The first kappa shape index (κ1) is 25.2. The zero-order chi connectivity index (χ0) is 24.2. The molecule has 4 rings (SSSR count). The SMILES string of the molecule is O=C(O)/C=C/C(=O)O.c1ccc(-c2cccnc2S[C@@H](c2ccccc2)[C@@H]2CNCCO2)cc1. The van der Waals surface area contributed by atoms with E-state index in [1.807, 2.05) is 18.3 Å². The summed E-state index contributed by atoms with van der Waals surface area (Å²) < 4.78 is 6.10. The Morgan fingerprint density at radius 2 is 1.62 bits per heavy atom. The number of nitrogens with one attached hydrogen (secondary N) is 1. The third kappa shape index (κ3) is 7.84. The van der Waals surface area contributed by atoms with E-state index in [0.29, 0.717) is 12.2 Å². The molecule has 8 heteroatoms. The number of pyridine rings is 1. The maximum absolute atomic E-state index is 9.55. The number of benzene rings is 2. The molecule has 7 nitrogen and oxygen atoms in total. The summed E-state index contributed by atoms with van der Waals surface area (Å²) in [5, 5.41) is 20.3. The average Bonchev–Trinajstić information content (AvgIpc) is 2.88. The molecule has 2 heterocycles. The Morgan fingerprint density at radius 1 is 0.971 bits per heavy atom. The Hall–Kier alpha value is -3.46. The Labute approximate surface area is 202 Å². The molecule has 3 aromatic rings. The van der Waals surface area contributed by atoms with Crippen LogP contribution in [0.25, 0.3) is 11.1 Å². The minimum absolute atomic E-state index is 0.127. The van der Waals surface area contributed by atoms with E-state index in [-0.39, 0.29) is 11.4 Å². The second-order valence-corrected chi connectivity index (χ2v) is 8.42. The quantitative estimate of drug-likeness (QED) is 0.341. The van der Waals surface area contributed by atoms with Gasteiger partial charge in [-0.2, -0.15) is 0 Å². The van der Waals surface area contributed by atoms with E-state index < -0.39 is 11.9 Å². The fraction of sp³-hybridized carbons (Fsp3) is 0.192. The largest absolute Gasteiger partial charge is 0.478 e. The number of nitrogens with zero attached hydrogens (tertiary/aromatic N) is 1. The lowest BCUT2D eigenvalue weighted by molar-refractivity contribution is -0.134. The summed E-state index contributed by atoms with van der Waals surface area (Å²) >= 11 is 1.79. The van der Waals surface area contributed by atoms with Gasteiger partial charge in [-0.05, 0) is 17.2 Å². The number of thioether (sulfide) groups is 1. The van der Waals surface area contributed by atoms with Gasteiger partial charge in [-0.25, -0.2) is 14.6 Å². The summed E-state index contributed by atoms with van der Waals surface area (Å²) in [6.07, 6.45) is 3.11. The molecule has 0 bridgehead atoms. The van der Waals surface area contributed by atoms with Crippen LogP contribution in [0.3, 0.4) is 0 Å². The fourth-order valence-corrected chi connectivity index (χ4v) is 4.66. The molecule has 0 aliphatic carbocycles. The van der Waals surface area contributed by atoms with Gasteiger partial charge in [-0.3, -0.25) is 0 Å². The summed E-state index contributed by atoms with van der Waals surface area (Å²) in [6.45, 7) is 2.53. The van der Waals surface area contributed by atoms with Crippen LogP contribution in [0.2, 0.25) is 0 Å². The van der Waals surface area contributed by atoms with Gasteiger partial charge >= 0.3 is 11.9 Å². The Bertz CT molecular complexity index is 1070. The molecule has 2 atom stereocenters. The van der Waals surface area contributed by atoms with E-state index in [0.717, 1.165) is 24.7 Å². The van der Waals surface area contributed by atoms with Crippen LogP contribution in [0.15, 0.2) is 96.2 Å². The van der Waals surface area contributed by atoms with E-state index >= 15 is 0 Å². The number of hydrogen-bond acceptors (Lipinski definition) is 6. The van der Waals surface area contributed by atoms with Gasteiger partial charge in [0.15, 0.2) is 0 Å². The number of aromatic nitrogens is 1. The molecule has 34 heavy (non-hydrogen) atoms. The van der Waals surface area contributed by atoms with Crippen LogP contribution in [-0.4, -0.2) is 52.9 Å². The van der Waals surface area contributed by atoms with Crippen LogP contribution in [0.5, 0.6) is 0 Å². The number of ether oxygens (including phenoxy) is 1. The number of carbonyl (C=O) groups is 2. The van der Waals surface area contributed by atoms with Gasteiger partial charge in [0.25, 0.3) is 0 Å². The predicted molar refractivity (Wildman–Crippen MR) is 132 cm³/mol. The van der Waals surface area contributed by atoms with Crippen LogP contribution < -0.4 is 5.32 Å². The van der Waals surface area contributed by atoms with Crippen molar-refractivity contribution in [3.63, 3.8) is 0 Å².